The fraction of sp³-hybridized carbons (Fsp3) is 0.706. The van der Waals surface area contributed by atoms with E-state index in [1.807, 2.05) is 0 Å². The average Bonchev–Trinajstić information content (AvgIpc) is 3.26. The van der Waals surface area contributed by atoms with E-state index in [1.54, 1.807) is 12.3 Å². The van der Waals surface area contributed by atoms with Crippen molar-refractivity contribution in [3.63, 3.8) is 0 Å². The van der Waals surface area contributed by atoms with Gasteiger partial charge in [-0.25, -0.2) is 4.39 Å². The van der Waals surface area contributed by atoms with E-state index in [9.17, 15) is 4.39 Å². The van der Waals surface area contributed by atoms with Crippen LogP contribution in [0.5, 0.6) is 0 Å². The van der Waals surface area contributed by atoms with Gasteiger partial charge in [0.2, 0.25) is 0 Å². The minimum absolute atomic E-state index is 0.192. The Morgan fingerprint density at radius 1 is 1.43 bits per heavy atom. The summed E-state index contributed by atoms with van der Waals surface area (Å²) in [7, 11) is 0. The van der Waals surface area contributed by atoms with Crippen molar-refractivity contribution >= 4 is 0 Å². The first-order chi connectivity index (χ1) is 9.99. The number of nitrogens with one attached hydrogen (secondary N) is 1. The molecule has 2 aliphatic rings. The Morgan fingerprint density at radius 2 is 2.19 bits per heavy atom. The molecule has 2 unspecified atom stereocenters. The normalized spacial score (nSPS) is 30.8. The van der Waals surface area contributed by atoms with Gasteiger partial charge in [-0.1, -0.05) is 13.8 Å². The van der Waals surface area contributed by atoms with E-state index in [4.69, 9.17) is 0 Å². The predicted molar refractivity (Wildman–Crippen MR) is 82.4 cm³/mol. The highest BCUT2D eigenvalue weighted by molar-refractivity contribution is 5.13. The molecule has 2 fully saturated rings. The lowest BCUT2D eigenvalue weighted by atomic mass is 9.87. The summed E-state index contributed by atoms with van der Waals surface area (Å²) < 4.78 is 13.4. The van der Waals surface area contributed by atoms with Gasteiger partial charge in [0.25, 0.3) is 0 Å². The molecule has 3 rings (SSSR count). The number of hydrogen-bond donors (Lipinski definition) is 1. The van der Waals surface area contributed by atoms with Gasteiger partial charge in [0.05, 0.1) is 6.20 Å². The quantitative estimate of drug-likeness (QED) is 0.924. The molecule has 0 bridgehead atoms. The summed E-state index contributed by atoms with van der Waals surface area (Å²) >= 11 is 0. The van der Waals surface area contributed by atoms with Crippen LogP contribution >= 0.6 is 0 Å². The molecular formula is C17H26FN3. The highest BCUT2D eigenvalue weighted by Crippen LogP contribution is 2.44. The van der Waals surface area contributed by atoms with Crippen LogP contribution < -0.4 is 5.32 Å². The highest BCUT2D eigenvalue weighted by Gasteiger charge is 2.48. The number of pyridine rings is 1. The van der Waals surface area contributed by atoms with Crippen LogP contribution in [0.3, 0.4) is 0 Å². The summed E-state index contributed by atoms with van der Waals surface area (Å²) in [5.41, 5.74) is 1.17. The first kappa shape index (κ1) is 14.9. The molecule has 1 aromatic rings. The van der Waals surface area contributed by atoms with E-state index < -0.39 is 0 Å². The van der Waals surface area contributed by atoms with Gasteiger partial charge in [0, 0.05) is 37.4 Å². The maximum Gasteiger partial charge on any atom is 0.141 e. The summed E-state index contributed by atoms with van der Waals surface area (Å²) in [6, 6.07) is 2.13. The topological polar surface area (TPSA) is 28.2 Å². The van der Waals surface area contributed by atoms with Gasteiger partial charge in [-0.05, 0) is 43.2 Å². The third-order valence-electron chi connectivity index (χ3n) is 5.26. The smallest absolute Gasteiger partial charge is 0.141 e. The highest BCUT2D eigenvalue weighted by atomic mass is 19.1. The third-order valence-corrected chi connectivity index (χ3v) is 5.26. The fourth-order valence-electron chi connectivity index (χ4n) is 3.52. The molecule has 21 heavy (non-hydrogen) atoms. The van der Waals surface area contributed by atoms with Gasteiger partial charge in [-0.3, -0.25) is 9.88 Å². The molecule has 3 nitrogen and oxygen atoms in total. The second-order valence-electron chi connectivity index (χ2n) is 7.25. The molecule has 0 radical (unpaired) electrons. The molecule has 2 atom stereocenters. The Kier molecular flexibility index (Phi) is 4.02. The average molecular weight is 291 g/mol. The minimum atomic E-state index is -0.240. The monoisotopic (exact) mass is 291 g/mol. The van der Waals surface area contributed by atoms with E-state index >= 15 is 0 Å². The van der Waals surface area contributed by atoms with E-state index in [0.29, 0.717) is 12.0 Å². The molecule has 1 saturated heterocycles. The van der Waals surface area contributed by atoms with Crippen LogP contribution in [0, 0.1) is 17.7 Å². The molecule has 1 N–H and O–H groups in total. The summed E-state index contributed by atoms with van der Waals surface area (Å²) in [6.07, 6.45) is 5.71. The summed E-state index contributed by atoms with van der Waals surface area (Å²) in [5.74, 6) is 1.15. The molecule has 2 heterocycles. The molecule has 1 aromatic heterocycles. The van der Waals surface area contributed by atoms with E-state index in [2.05, 4.69) is 36.0 Å². The number of piperazine rings is 1. The van der Waals surface area contributed by atoms with Gasteiger partial charge >= 0.3 is 0 Å². The van der Waals surface area contributed by atoms with Gasteiger partial charge in [-0.2, -0.15) is 0 Å². The van der Waals surface area contributed by atoms with Crippen LogP contribution in [0.4, 0.5) is 4.39 Å². The zero-order valence-electron chi connectivity index (χ0n) is 13.3. The Labute approximate surface area is 126 Å². The molecule has 0 amide bonds. The molecule has 4 heteroatoms. The van der Waals surface area contributed by atoms with Crippen molar-refractivity contribution in [2.45, 2.75) is 51.7 Å². The molecule has 1 aliphatic carbocycles. The van der Waals surface area contributed by atoms with Gasteiger partial charge in [0.1, 0.15) is 5.82 Å². The summed E-state index contributed by atoms with van der Waals surface area (Å²) in [6.45, 7) is 9.74. The fourth-order valence-corrected chi connectivity index (χ4v) is 3.52. The van der Waals surface area contributed by atoms with Crippen LogP contribution in [-0.4, -0.2) is 34.6 Å². The van der Waals surface area contributed by atoms with Gasteiger partial charge in [0.15, 0.2) is 0 Å². The van der Waals surface area contributed by atoms with Crippen LogP contribution in [-0.2, 0) is 6.54 Å². The van der Waals surface area contributed by atoms with Crippen LogP contribution in [0.15, 0.2) is 18.5 Å². The molecule has 1 saturated carbocycles. The summed E-state index contributed by atoms with van der Waals surface area (Å²) in [5, 5.41) is 3.73. The summed E-state index contributed by atoms with van der Waals surface area (Å²) in [4.78, 5) is 6.55. The van der Waals surface area contributed by atoms with E-state index in [-0.39, 0.29) is 11.4 Å². The lowest BCUT2D eigenvalue weighted by Crippen LogP contribution is -2.65. The lowest BCUT2D eigenvalue weighted by Gasteiger charge is -2.49. The molecule has 0 aromatic carbocycles. The Hall–Kier alpha value is -1.00. The second kappa shape index (κ2) is 5.65. The number of hydrogen-bond acceptors (Lipinski definition) is 3. The number of halogens is 1. The number of nitrogens with zero attached hydrogens (tertiary/aromatic N) is 2. The number of rotatable bonds is 4. The predicted octanol–water partition coefficient (Wildman–Crippen LogP) is 2.82. The zero-order chi connectivity index (χ0) is 15.0. The Balaban J connectivity index is 1.79. The third kappa shape index (κ3) is 3.11. The van der Waals surface area contributed by atoms with Gasteiger partial charge < -0.3 is 5.32 Å². The van der Waals surface area contributed by atoms with E-state index in [0.717, 1.165) is 31.1 Å². The zero-order valence-corrected chi connectivity index (χ0v) is 13.3. The molecular weight excluding hydrogens is 265 g/mol. The van der Waals surface area contributed by atoms with Crippen molar-refractivity contribution in [3.8, 4) is 0 Å². The van der Waals surface area contributed by atoms with Crippen molar-refractivity contribution in [1.82, 2.24) is 15.2 Å². The van der Waals surface area contributed by atoms with Crippen molar-refractivity contribution in [2.75, 3.05) is 13.1 Å². The maximum absolute atomic E-state index is 13.4. The van der Waals surface area contributed by atoms with Gasteiger partial charge in [-0.15, -0.1) is 0 Å². The lowest BCUT2D eigenvalue weighted by molar-refractivity contribution is 0.0185. The van der Waals surface area contributed by atoms with Crippen LogP contribution in [0.25, 0.3) is 0 Å². The first-order valence-corrected chi connectivity index (χ1v) is 8.07. The largest absolute Gasteiger partial charge is 0.311 e. The van der Waals surface area contributed by atoms with Crippen molar-refractivity contribution in [2.24, 2.45) is 11.8 Å². The van der Waals surface area contributed by atoms with Crippen molar-refractivity contribution in [1.29, 1.82) is 0 Å². The van der Waals surface area contributed by atoms with Crippen LogP contribution in [0.2, 0.25) is 0 Å². The molecule has 0 spiro atoms. The van der Waals surface area contributed by atoms with E-state index in [1.165, 1.54) is 19.0 Å². The minimum Gasteiger partial charge on any atom is -0.311 e. The van der Waals surface area contributed by atoms with Crippen molar-refractivity contribution < 1.29 is 4.39 Å². The standard InChI is InChI=1S/C17H26FN3/c1-12(2)16-10-21(9-13-6-15(18)8-19-7-13)17(3,11-20-16)14-4-5-14/h6-8,12,14,16,20H,4-5,9-11H2,1-3H3. The SMILES string of the molecule is CC(C)C1CN(Cc2cncc(F)c2)C(C)(C2CC2)CN1. The Morgan fingerprint density at radius 3 is 2.81 bits per heavy atom. The van der Waals surface area contributed by atoms with Crippen LogP contribution in [0.1, 0.15) is 39.2 Å². The second-order valence-corrected chi connectivity index (χ2v) is 7.25. The number of aromatic nitrogens is 1. The molecule has 1 aliphatic heterocycles. The van der Waals surface area contributed by atoms with Crippen molar-refractivity contribution in [3.05, 3.63) is 29.8 Å². The Bertz CT molecular complexity index is 501. The molecule has 116 valence electrons. The maximum atomic E-state index is 13.4. The first-order valence-electron chi connectivity index (χ1n) is 8.07.